The van der Waals surface area contributed by atoms with Gasteiger partial charge in [0.15, 0.2) is 0 Å². The summed E-state index contributed by atoms with van der Waals surface area (Å²) in [6.07, 6.45) is 2.31. The summed E-state index contributed by atoms with van der Waals surface area (Å²) in [7, 11) is 0. The van der Waals surface area contributed by atoms with E-state index in [1.54, 1.807) is 13.8 Å². The summed E-state index contributed by atoms with van der Waals surface area (Å²) in [6.45, 7) is 5.09. The molecular weight excluding hydrogens is 158 g/mol. The molecule has 2 N–H and O–H groups in total. The van der Waals surface area contributed by atoms with Gasteiger partial charge in [0.05, 0.1) is 13.2 Å². The monoisotopic (exact) mass is 175 g/mol. The normalized spacial score (nSPS) is 16.6. The summed E-state index contributed by atoms with van der Waals surface area (Å²) in [5, 5.41) is 0. The number of hydrogen-bond donors (Lipinski definition) is 1. The Balaban J connectivity index is 0.000000202. The molecule has 1 fully saturated rings. The van der Waals surface area contributed by atoms with E-state index in [2.05, 4.69) is 9.78 Å². The Hall–Kier alpha value is -0.610. The molecule has 0 saturated carbocycles. The van der Waals surface area contributed by atoms with Crippen LogP contribution in [0.2, 0.25) is 0 Å². The van der Waals surface area contributed by atoms with Crippen LogP contribution in [0.25, 0.3) is 0 Å². The molecule has 1 aliphatic rings. The lowest BCUT2D eigenvalue weighted by Crippen LogP contribution is -2.17. The van der Waals surface area contributed by atoms with Crippen molar-refractivity contribution in [2.45, 2.75) is 26.7 Å². The number of primary amides is 1. The van der Waals surface area contributed by atoms with Crippen molar-refractivity contribution in [1.82, 2.24) is 0 Å². The van der Waals surface area contributed by atoms with Crippen LogP contribution in [-0.4, -0.2) is 19.1 Å². The molecule has 0 bridgehead atoms. The van der Waals surface area contributed by atoms with Crippen LogP contribution in [0.4, 0.5) is 0 Å². The van der Waals surface area contributed by atoms with Gasteiger partial charge in [-0.3, -0.25) is 4.79 Å². The number of hydrogen-bond acceptors (Lipinski definition) is 3. The fourth-order valence-corrected chi connectivity index (χ4v) is 0.440. The van der Waals surface area contributed by atoms with Gasteiger partial charge in [0.2, 0.25) is 5.91 Å². The van der Waals surface area contributed by atoms with Crippen molar-refractivity contribution < 1.29 is 14.6 Å². The average molecular weight is 175 g/mol. The Morgan fingerprint density at radius 1 is 1.25 bits per heavy atom. The molecule has 12 heavy (non-hydrogen) atoms. The molecule has 0 aromatic rings. The van der Waals surface area contributed by atoms with Gasteiger partial charge in [-0.25, -0.2) is 9.78 Å². The first-order chi connectivity index (χ1) is 5.64. The third-order valence-electron chi connectivity index (χ3n) is 1.36. The second kappa shape index (κ2) is 7.06. The summed E-state index contributed by atoms with van der Waals surface area (Å²) in [5.41, 5.74) is 4.80. The van der Waals surface area contributed by atoms with Gasteiger partial charge in [-0.15, -0.1) is 0 Å². The maximum absolute atomic E-state index is 9.92. The quantitative estimate of drug-likeness (QED) is 0.601. The predicted octanol–water partition coefficient (Wildman–Crippen LogP) is 0.856. The fourth-order valence-electron chi connectivity index (χ4n) is 0.440. The maximum Gasteiger partial charge on any atom is 0.219 e. The standard InChI is InChI=1S/C4H9NO.C4H8O2/c1-3(2)4(5)6;1-2-4-6-5-3-1/h3H,1-2H3,(H2,5,6);1-4H2. The molecule has 0 spiro atoms. The maximum atomic E-state index is 9.92. The molecule has 1 amide bonds. The highest BCUT2D eigenvalue weighted by atomic mass is 17.2. The molecule has 1 rings (SSSR count). The minimum atomic E-state index is -0.241. The SMILES string of the molecule is C1CCOOC1.CC(C)C(N)=O. The first-order valence-electron chi connectivity index (χ1n) is 4.18. The smallest absolute Gasteiger partial charge is 0.219 e. The lowest BCUT2D eigenvalue weighted by molar-refractivity contribution is -0.312. The Labute approximate surface area is 73.0 Å². The molecule has 0 radical (unpaired) electrons. The number of rotatable bonds is 1. The Morgan fingerprint density at radius 2 is 1.58 bits per heavy atom. The summed E-state index contributed by atoms with van der Waals surface area (Å²) in [4.78, 5) is 19.1. The highest BCUT2D eigenvalue weighted by Crippen LogP contribution is 1.97. The summed E-state index contributed by atoms with van der Waals surface area (Å²) >= 11 is 0. The molecule has 72 valence electrons. The second-order valence-electron chi connectivity index (χ2n) is 2.91. The average Bonchev–Trinajstić information content (AvgIpc) is 2.08. The minimum Gasteiger partial charge on any atom is -0.369 e. The van der Waals surface area contributed by atoms with E-state index in [4.69, 9.17) is 5.73 Å². The number of amides is 1. The molecule has 1 aliphatic heterocycles. The van der Waals surface area contributed by atoms with Crippen molar-refractivity contribution >= 4 is 5.91 Å². The first kappa shape index (κ1) is 11.4. The molecule has 0 aromatic carbocycles. The lowest BCUT2D eigenvalue weighted by Gasteiger charge is -2.07. The lowest BCUT2D eigenvalue weighted by atomic mass is 10.2. The van der Waals surface area contributed by atoms with E-state index in [1.807, 2.05) is 0 Å². The largest absolute Gasteiger partial charge is 0.369 e. The second-order valence-corrected chi connectivity index (χ2v) is 2.91. The van der Waals surface area contributed by atoms with E-state index in [1.165, 1.54) is 0 Å². The van der Waals surface area contributed by atoms with E-state index in [9.17, 15) is 4.79 Å². The van der Waals surface area contributed by atoms with Crippen molar-refractivity contribution in [1.29, 1.82) is 0 Å². The van der Waals surface area contributed by atoms with Crippen LogP contribution in [0.5, 0.6) is 0 Å². The zero-order valence-electron chi connectivity index (χ0n) is 7.71. The van der Waals surface area contributed by atoms with Crippen molar-refractivity contribution in [3.8, 4) is 0 Å². The van der Waals surface area contributed by atoms with Gasteiger partial charge in [-0.05, 0) is 12.8 Å². The molecule has 0 aliphatic carbocycles. The van der Waals surface area contributed by atoms with E-state index in [0.717, 1.165) is 26.1 Å². The molecule has 4 nitrogen and oxygen atoms in total. The molecule has 1 saturated heterocycles. The molecule has 4 heteroatoms. The van der Waals surface area contributed by atoms with Gasteiger partial charge < -0.3 is 5.73 Å². The van der Waals surface area contributed by atoms with Crippen molar-refractivity contribution in [3.05, 3.63) is 0 Å². The highest BCUT2D eigenvalue weighted by molar-refractivity contribution is 5.75. The van der Waals surface area contributed by atoms with Crippen LogP contribution in [0, 0.1) is 5.92 Å². The number of carbonyl (C=O) groups is 1. The van der Waals surface area contributed by atoms with E-state index < -0.39 is 0 Å². The van der Waals surface area contributed by atoms with Gasteiger partial charge in [0.1, 0.15) is 0 Å². The fraction of sp³-hybridized carbons (Fsp3) is 0.875. The van der Waals surface area contributed by atoms with Gasteiger partial charge in [-0.1, -0.05) is 13.8 Å². The molecule has 0 unspecified atom stereocenters. The summed E-state index contributed by atoms with van der Waals surface area (Å²) in [5.74, 6) is -0.250. The van der Waals surface area contributed by atoms with Crippen molar-refractivity contribution in [2.24, 2.45) is 11.7 Å². The topological polar surface area (TPSA) is 61.6 Å². The Kier molecular flexibility index (Phi) is 6.70. The van der Waals surface area contributed by atoms with Crippen LogP contribution in [-0.2, 0) is 14.6 Å². The molecule has 1 heterocycles. The Morgan fingerprint density at radius 3 is 1.67 bits per heavy atom. The van der Waals surface area contributed by atoms with Gasteiger partial charge in [0.25, 0.3) is 0 Å². The summed E-state index contributed by atoms with van der Waals surface area (Å²) < 4.78 is 0. The van der Waals surface area contributed by atoms with Crippen LogP contribution in [0.1, 0.15) is 26.7 Å². The summed E-state index contributed by atoms with van der Waals surface area (Å²) in [6, 6.07) is 0. The van der Waals surface area contributed by atoms with E-state index in [-0.39, 0.29) is 11.8 Å². The van der Waals surface area contributed by atoms with E-state index >= 15 is 0 Å². The van der Waals surface area contributed by atoms with E-state index in [0.29, 0.717) is 0 Å². The Bertz CT molecular complexity index is 110. The van der Waals surface area contributed by atoms with Crippen molar-refractivity contribution in [3.63, 3.8) is 0 Å². The highest BCUT2D eigenvalue weighted by Gasteiger charge is 1.96. The first-order valence-corrected chi connectivity index (χ1v) is 4.18. The van der Waals surface area contributed by atoms with Gasteiger partial charge in [-0.2, -0.15) is 0 Å². The molecule has 0 atom stereocenters. The third-order valence-corrected chi connectivity index (χ3v) is 1.36. The zero-order chi connectivity index (χ0) is 9.40. The minimum absolute atomic E-state index is 0.00926. The van der Waals surface area contributed by atoms with Crippen molar-refractivity contribution in [2.75, 3.05) is 13.2 Å². The van der Waals surface area contributed by atoms with Gasteiger partial charge in [0, 0.05) is 5.92 Å². The number of carbonyl (C=O) groups excluding carboxylic acids is 1. The third kappa shape index (κ3) is 7.50. The van der Waals surface area contributed by atoms with Gasteiger partial charge >= 0.3 is 0 Å². The van der Waals surface area contributed by atoms with Crippen LogP contribution in [0.3, 0.4) is 0 Å². The van der Waals surface area contributed by atoms with Crippen LogP contribution >= 0.6 is 0 Å². The van der Waals surface area contributed by atoms with Crippen LogP contribution in [0.15, 0.2) is 0 Å². The molecular formula is C8H17NO3. The number of nitrogens with two attached hydrogens (primary N) is 1. The van der Waals surface area contributed by atoms with Crippen LogP contribution < -0.4 is 5.73 Å². The zero-order valence-corrected chi connectivity index (χ0v) is 7.71. The molecule has 0 aromatic heterocycles. The predicted molar refractivity (Wildman–Crippen MR) is 45.2 cm³/mol.